The van der Waals surface area contributed by atoms with Crippen LogP contribution in [-0.4, -0.2) is 25.3 Å². The van der Waals surface area contributed by atoms with Gasteiger partial charge >= 0.3 is 0 Å². The molecule has 0 aromatic heterocycles. The standard InChI is InChI=1S/C21H26N2O3/c1-5-25-20-10-7-18(8-11-20)13-22-26-14-21(24)23-17(4)19-9-6-15(2)16(3)12-19/h6-13,17H,5,14H2,1-4H3,(H,23,24)/b22-13+. The monoisotopic (exact) mass is 354 g/mol. The Kier molecular flexibility index (Phi) is 7.21. The van der Waals surface area contributed by atoms with Crippen molar-refractivity contribution in [2.45, 2.75) is 33.7 Å². The molecule has 1 atom stereocenters. The number of rotatable bonds is 8. The normalized spacial score (nSPS) is 12.0. The van der Waals surface area contributed by atoms with E-state index in [4.69, 9.17) is 9.57 Å². The summed E-state index contributed by atoms with van der Waals surface area (Å²) in [5.41, 5.74) is 4.38. The summed E-state index contributed by atoms with van der Waals surface area (Å²) in [6, 6.07) is 13.6. The summed E-state index contributed by atoms with van der Waals surface area (Å²) in [4.78, 5) is 17.1. The van der Waals surface area contributed by atoms with Crippen molar-refractivity contribution in [1.29, 1.82) is 0 Å². The molecular weight excluding hydrogens is 328 g/mol. The Labute approximate surface area is 155 Å². The minimum Gasteiger partial charge on any atom is -0.494 e. The van der Waals surface area contributed by atoms with Gasteiger partial charge in [-0.3, -0.25) is 4.79 Å². The maximum Gasteiger partial charge on any atom is 0.261 e. The molecule has 0 radical (unpaired) electrons. The van der Waals surface area contributed by atoms with Crippen LogP contribution in [0.5, 0.6) is 5.75 Å². The number of benzene rings is 2. The van der Waals surface area contributed by atoms with Gasteiger partial charge < -0.3 is 14.9 Å². The Hall–Kier alpha value is -2.82. The summed E-state index contributed by atoms with van der Waals surface area (Å²) in [5.74, 6) is 0.602. The van der Waals surface area contributed by atoms with Crippen LogP contribution < -0.4 is 10.1 Å². The van der Waals surface area contributed by atoms with Crippen LogP contribution in [0.3, 0.4) is 0 Å². The fourth-order valence-corrected chi connectivity index (χ4v) is 2.41. The van der Waals surface area contributed by atoms with Crippen molar-refractivity contribution < 1.29 is 14.4 Å². The highest BCUT2D eigenvalue weighted by Crippen LogP contribution is 2.16. The maximum absolute atomic E-state index is 12.0. The molecule has 1 amide bonds. The van der Waals surface area contributed by atoms with E-state index >= 15 is 0 Å². The molecule has 1 N–H and O–H groups in total. The molecule has 5 nitrogen and oxygen atoms in total. The lowest BCUT2D eigenvalue weighted by atomic mass is 10.0. The first-order valence-corrected chi connectivity index (χ1v) is 8.74. The van der Waals surface area contributed by atoms with Crippen LogP contribution >= 0.6 is 0 Å². The third-order valence-electron chi connectivity index (χ3n) is 4.07. The van der Waals surface area contributed by atoms with Gasteiger partial charge in [-0.2, -0.15) is 0 Å². The Bertz CT molecular complexity index is 754. The van der Waals surface area contributed by atoms with Gasteiger partial charge in [0.25, 0.3) is 5.91 Å². The molecule has 26 heavy (non-hydrogen) atoms. The number of hydrogen-bond donors (Lipinski definition) is 1. The average molecular weight is 354 g/mol. The SMILES string of the molecule is CCOc1ccc(/C=N/OCC(=O)NC(C)c2ccc(C)c(C)c2)cc1. The van der Waals surface area contributed by atoms with E-state index < -0.39 is 0 Å². The number of amides is 1. The summed E-state index contributed by atoms with van der Waals surface area (Å²) >= 11 is 0. The molecule has 5 heteroatoms. The van der Waals surface area contributed by atoms with Crippen LogP contribution in [-0.2, 0) is 9.63 Å². The number of carbonyl (C=O) groups is 1. The highest BCUT2D eigenvalue weighted by molar-refractivity contribution is 5.80. The fourth-order valence-electron chi connectivity index (χ4n) is 2.41. The second kappa shape index (κ2) is 9.61. The molecule has 1 unspecified atom stereocenters. The molecule has 0 aliphatic carbocycles. The molecule has 2 aromatic rings. The number of oxime groups is 1. The van der Waals surface area contributed by atoms with Crippen molar-refractivity contribution in [2.75, 3.05) is 13.2 Å². The Morgan fingerprint density at radius 1 is 1.15 bits per heavy atom. The zero-order valence-electron chi connectivity index (χ0n) is 15.8. The number of carbonyl (C=O) groups excluding carboxylic acids is 1. The van der Waals surface area contributed by atoms with Crippen molar-refractivity contribution in [2.24, 2.45) is 5.16 Å². The van der Waals surface area contributed by atoms with E-state index in [-0.39, 0.29) is 18.6 Å². The topological polar surface area (TPSA) is 59.9 Å². The minimum atomic E-state index is -0.209. The molecule has 2 aromatic carbocycles. The van der Waals surface area contributed by atoms with Gasteiger partial charge in [-0.1, -0.05) is 23.4 Å². The number of ether oxygens (including phenoxy) is 1. The summed E-state index contributed by atoms with van der Waals surface area (Å²) in [7, 11) is 0. The van der Waals surface area contributed by atoms with Crippen LogP contribution in [0.2, 0.25) is 0 Å². The van der Waals surface area contributed by atoms with E-state index in [1.165, 1.54) is 11.1 Å². The Balaban J connectivity index is 1.78. The molecule has 0 aliphatic heterocycles. The van der Waals surface area contributed by atoms with Crippen LogP contribution in [0, 0.1) is 13.8 Å². The number of aryl methyl sites for hydroxylation is 2. The van der Waals surface area contributed by atoms with Crippen molar-refractivity contribution >= 4 is 12.1 Å². The molecule has 0 spiro atoms. The molecule has 0 heterocycles. The van der Waals surface area contributed by atoms with Crippen molar-refractivity contribution in [3.05, 3.63) is 64.7 Å². The Morgan fingerprint density at radius 3 is 2.54 bits per heavy atom. The van der Waals surface area contributed by atoms with Crippen LogP contribution in [0.1, 0.15) is 42.1 Å². The Morgan fingerprint density at radius 2 is 1.88 bits per heavy atom. The second-order valence-electron chi connectivity index (χ2n) is 6.14. The van der Waals surface area contributed by atoms with Crippen LogP contribution in [0.4, 0.5) is 0 Å². The maximum atomic E-state index is 12.0. The van der Waals surface area contributed by atoms with Crippen molar-refractivity contribution in [1.82, 2.24) is 5.32 Å². The van der Waals surface area contributed by atoms with Gasteiger partial charge in [-0.25, -0.2) is 0 Å². The molecule has 0 saturated heterocycles. The predicted octanol–water partition coefficient (Wildman–Crippen LogP) is 3.93. The summed E-state index contributed by atoms with van der Waals surface area (Å²) in [6.45, 7) is 8.53. The zero-order valence-corrected chi connectivity index (χ0v) is 15.8. The average Bonchev–Trinajstić information content (AvgIpc) is 2.62. The largest absolute Gasteiger partial charge is 0.494 e. The quantitative estimate of drug-likeness (QED) is 0.577. The van der Waals surface area contributed by atoms with Gasteiger partial charge in [-0.05, 0) is 74.2 Å². The molecule has 0 bridgehead atoms. The van der Waals surface area contributed by atoms with Gasteiger partial charge in [-0.15, -0.1) is 0 Å². The van der Waals surface area contributed by atoms with E-state index in [2.05, 4.69) is 36.5 Å². The molecule has 138 valence electrons. The fraction of sp³-hybridized carbons (Fsp3) is 0.333. The third kappa shape index (κ3) is 5.92. The highest BCUT2D eigenvalue weighted by Gasteiger charge is 2.10. The van der Waals surface area contributed by atoms with Gasteiger partial charge in [0.2, 0.25) is 0 Å². The third-order valence-corrected chi connectivity index (χ3v) is 4.07. The zero-order chi connectivity index (χ0) is 18.9. The lowest BCUT2D eigenvalue weighted by Gasteiger charge is -2.15. The molecule has 0 saturated carbocycles. The van der Waals surface area contributed by atoms with Crippen molar-refractivity contribution in [3.8, 4) is 5.75 Å². The lowest BCUT2D eigenvalue weighted by Crippen LogP contribution is -2.29. The van der Waals surface area contributed by atoms with Gasteiger partial charge in [0.1, 0.15) is 5.75 Å². The molecule has 2 rings (SSSR count). The minimum absolute atomic E-state index is 0.0829. The first-order chi connectivity index (χ1) is 12.5. The van der Waals surface area contributed by atoms with E-state index in [9.17, 15) is 4.79 Å². The van der Waals surface area contributed by atoms with E-state index in [0.717, 1.165) is 16.9 Å². The number of nitrogens with zero attached hydrogens (tertiary/aromatic N) is 1. The van der Waals surface area contributed by atoms with Crippen molar-refractivity contribution in [3.63, 3.8) is 0 Å². The smallest absolute Gasteiger partial charge is 0.261 e. The molecular formula is C21H26N2O3. The van der Waals surface area contributed by atoms with E-state index in [1.54, 1.807) is 6.21 Å². The highest BCUT2D eigenvalue weighted by atomic mass is 16.6. The van der Waals surface area contributed by atoms with Gasteiger partial charge in [0, 0.05) is 0 Å². The summed E-state index contributed by atoms with van der Waals surface area (Å²) in [5, 5.41) is 6.75. The molecule has 0 fully saturated rings. The first kappa shape index (κ1) is 19.5. The summed E-state index contributed by atoms with van der Waals surface area (Å²) < 4.78 is 5.38. The van der Waals surface area contributed by atoms with Gasteiger partial charge in [0.15, 0.2) is 6.61 Å². The lowest BCUT2D eigenvalue weighted by molar-refractivity contribution is -0.126. The summed E-state index contributed by atoms with van der Waals surface area (Å²) in [6.07, 6.45) is 1.57. The van der Waals surface area contributed by atoms with Gasteiger partial charge in [0.05, 0.1) is 18.9 Å². The van der Waals surface area contributed by atoms with E-state index in [0.29, 0.717) is 6.61 Å². The number of nitrogens with one attached hydrogen (secondary N) is 1. The first-order valence-electron chi connectivity index (χ1n) is 8.74. The predicted molar refractivity (Wildman–Crippen MR) is 104 cm³/mol. The van der Waals surface area contributed by atoms with Crippen LogP contribution in [0.15, 0.2) is 47.6 Å². The second-order valence-corrected chi connectivity index (χ2v) is 6.14. The van der Waals surface area contributed by atoms with Crippen LogP contribution in [0.25, 0.3) is 0 Å². The van der Waals surface area contributed by atoms with E-state index in [1.807, 2.05) is 44.2 Å². The number of hydrogen-bond acceptors (Lipinski definition) is 4. The molecule has 0 aliphatic rings.